The summed E-state index contributed by atoms with van der Waals surface area (Å²) in [6.07, 6.45) is 4.44. The molecule has 4 nitrogen and oxygen atoms in total. The Kier molecular flexibility index (Phi) is 2.64. The van der Waals surface area contributed by atoms with Crippen LogP contribution in [-0.2, 0) is 6.54 Å². The van der Waals surface area contributed by atoms with Gasteiger partial charge in [-0.1, -0.05) is 6.08 Å². The van der Waals surface area contributed by atoms with E-state index in [1.54, 1.807) is 10.6 Å². The van der Waals surface area contributed by atoms with Crippen LogP contribution < -0.4 is 5.43 Å². The second-order valence-corrected chi connectivity index (χ2v) is 2.51. The maximum absolute atomic E-state index is 11.0. The van der Waals surface area contributed by atoms with Crippen LogP contribution in [0.1, 0.15) is 10.4 Å². The second kappa shape index (κ2) is 3.71. The van der Waals surface area contributed by atoms with Gasteiger partial charge in [-0.2, -0.15) is 0 Å². The number of carbonyl (C=O) groups is 1. The van der Waals surface area contributed by atoms with Gasteiger partial charge in [0.2, 0.25) is 0 Å². The Morgan fingerprint density at radius 3 is 2.92 bits per heavy atom. The first-order chi connectivity index (χ1) is 6.15. The Labute approximate surface area is 74.7 Å². The van der Waals surface area contributed by atoms with Crippen molar-refractivity contribution in [2.45, 2.75) is 6.54 Å². The Morgan fingerprint density at radius 2 is 2.38 bits per heavy atom. The van der Waals surface area contributed by atoms with Crippen molar-refractivity contribution in [2.75, 3.05) is 0 Å². The molecule has 0 bridgehead atoms. The fourth-order valence-corrected chi connectivity index (χ4v) is 0.949. The first-order valence-corrected chi connectivity index (χ1v) is 3.69. The van der Waals surface area contributed by atoms with Crippen LogP contribution in [0.4, 0.5) is 0 Å². The van der Waals surface area contributed by atoms with Crippen LogP contribution in [0.15, 0.2) is 35.9 Å². The van der Waals surface area contributed by atoms with Crippen LogP contribution in [0.5, 0.6) is 0 Å². The maximum Gasteiger partial charge on any atom is 0.341 e. The van der Waals surface area contributed by atoms with E-state index in [2.05, 4.69) is 6.58 Å². The van der Waals surface area contributed by atoms with Crippen LogP contribution in [0.2, 0.25) is 0 Å². The fourth-order valence-electron chi connectivity index (χ4n) is 0.949. The van der Waals surface area contributed by atoms with Crippen LogP contribution in [-0.4, -0.2) is 15.6 Å². The molecule has 0 aliphatic carbocycles. The van der Waals surface area contributed by atoms with Gasteiger partial charge in [0.05, 0.1) is 0 Å². The number of hydrogen-bond donors (Lipinski definition) is 1. The largest absolute Gasteiger partial charge is 0.477 e. The molecule has 0 spiro atoms. The summed E-state index contributed by atoms with van der Waals surface area (Å²) in [5, 5.41) is 8.62. The van der Waals surface area contributed by atoms with Crippen molar-refractivity contribution >= 4 is 5.97 Å². The molecule has 0 amide bonds. The summed E-state index contributed by atoms with van der Waals surface area (Å²) in [6.45, 7) is 3.99. The predicted octanol–water partition coefficient (Wildman–Crippen LogP) is 0.732. The smallest absolute Gasteiger partial charge is 0.341 e. The number of aromatic carboxylic acids is 1. The highest BCUT2D eigenvalue weighted by molar-refractivity contribution is 5.86. The van der Waals surface area contributed by atoms with Crippen molar-refractivity contribution in [1.82, 2.24) is 4.57 Å². The molecule has 1 rings (SSSR count). The highest BCUT2D eigenvalue weighted by atomic mass is 16.4. The number of carboxylic acids is 1. The molecule has 1 heterocycles. The molecule has 0 saturated carbocycles. The van der Waals surface area contributed by atoms with E-state index in [9.17, 15) is 9.59 Å². The number of hydrogen-bond acceptors (Lipinski definition) is 2. The lowest BCUT2D eigenvalue weighted by Gasteiger charge is -2.02. The Balaban J connectivity index is 3.18. The van der Waals surface area contributed by atoms with Gasteiger partial charge in [0, 0.05) is 25.0 Å². The molecule has 0 aliphatic heterocycles. The zero-order valence-corrected chi connectivity index (χ0v) is 6.93. The number of rotatable bonds is 3. The van der Waals surface area contributed by atoms with Crippen molar-refractivity contribution in [1.29, 1.82) is 0 Å². The molecular weight excluding hydrogens is 170 g/mol. The number of carboxylic acid groups (broad SMARTS) is 1. The van der Waals surface area contributed by atoms with Crippen molar-refractivity contribution in [3.63, 3.8) is 0 Å². The minimum absolute atomic E-state index is 0.218. The maximum atomic E-state index is 11.0. The monoisotopic (exact) mass is 179 g/mol. The number of pyridine rings is 1. The number of aromatic nitrogens is 1. The van der Waals surface area contributed by atoms with E-state index < -0.39 is 11.4 Å². The average molecular weight is 179 g/mol. The van der Waals surface area contributed by atoms with Crippen LogP contribution in [0.25, 0.3) is 0 Å². The molecule has 13 heavy (non-hydrogen) atoms. The van der Waals surface area contributed by atoms with E-state index in [1.165, 1.54) is 18.5 Å². The molecule has 0 radical (unpaired) electrons. The lowest BCUT2D eigenvalue weighted by Crippen LogP contribution is -2.16. The summed E-state index contributed by atoms with van der Waals surface area (Å²) in [4.78, 5) is 21.5. The van der Waals surface area contributed by atoms with Gasteiger partial charge in [0.1, 0.15) is 5.56 Å². The number of nitrogens with zero attached hydrogens (tertiary/aromatic N) is 1. The topological polar surface area (TPSA) is 59.3 Å². The van der Waals surface area contributed by atoms with E-state index in [1.807, 2.05) is 0 Å². The van der Waals surface area contributed by atoms with Crippen LogP contribution in [0, 0.1) is 0 Å². The molecule has 1 aromatic heterocycles. The molecule has 68 valence electrons. The molecule has 0 saturated heterocycles. The van der Waals surface area contributed by atoms with Gasteiger partial charge in [-0.25, -0.2) is 4.79 Å². The van der Waals surface area contributed by atoms with Gasteiger partial charge < -0.3 is 9.67 Å². The zero-order valence-electron chi connectivity index (χ0n) is 6.93. The van der Waals surface area contributed by atoms with Gasteiger partial charge in [0.25, 0.3) is 0 Å². The standard InChI is InChI=1S/C9H9NO3/c1-2-4-10-5-3-8(11)7(6-10)9(12)13/h2-3,5-6H,1,4H2,(H,12,13). The van der Waals surface area contributed by atoms with E-state index >= 15 is 0 Å². The molecule has 0 aliphatic rings. The molecule has 0 aromatic carbocycles. The molecule has 0 fully saturated rings. The lowest BCUT2D eigenvalue weighted by molar-refractivity contribution is 0.0694. The van der Waals surface area contributed by atoms with Crippen LogP contribution >= 0.6 is 0 Å². The summed E-state index contributed by atoms with van der Waals surface area (Å²) in [7, 11) is 0. The summed E-state index contributed by atoms with van der Waals surface area (Å²) in [6, 6.07) is 1.23. The molecule has 1 N–H and O–H groups in total. The van der Waals surface area contributed by atoms with Gasteiger partial charge >= 0.3 is 5.97 Å². The predicted molar refractivity (Wildman–Crippen MR) is 47.9 cm³/mol. The summed E-state index contributed by atoms with van der Waals surface area (Å²) in [5.41, 5.74) is -0.697. The van der Waals surface area contributed by atoms with Gasteiger partial charge in [-0.3, -0.25) is 4.79 Å². The Hall–Kier alpha value is -1.84. The van der Waals surface area contributed by atoms with Gasteiger partial charge in [-0.05, 0) is 0 Å². The first-order valence-electron chi connectivity index (χ1n) is 3.69. The summed E-state index contributed by atoms with van der Waals surface area (Å²) >= 11 is 0. The molecule has 0 atom stereocenters. The molecule has 0 unspecified atom stereocenters. The molecule has 1 aromatic rings. The Morgan fingerprint density at radius 1 is 1.69 bits per heavy atom. The highest BCUT2D eigenvalue weighted by Gasteiger charge is 2.07. The summed E-state index contributed by atoms with van der Waals surface area (Å²) < 4.78 is 1.58. The van der Waals surface area contributed by atoms with E-state index in [-0.39, 0.29) is 5.56 Å². The highest BCUT2D eigenvalue weighted by Crippen LogP contribution is 1.93. The SMILES string of the molecule is C=CCn1ccc(=O)c(C(=O)O)c1. The fraction of sp³-hybridized carbons (Fsp3) is 0.111. The van der Waals surface area contributed by atoms with E-state index in [0.717, 1.165) is 0 Å². The molecule has 4 heteroatoms. The quantitative estimate of drug-likeness (QED) is 0.696. The third-order valence-corrected chi connectivity index (χ3v) is 1.55. The third kappa shape index (κ3) is 2.05. The van der Waals surface area contributed by atoms with Crippen molar-refractivity contribution in [3.05, 3.63) is 46.9 Å². The molecular formula is C9H9NO3. The summed E-state index contributed by atoms with van der Waals surface area (Å²) in [5.74, 6) is -1.21. The minimum atomic E-state index is -1.21. The van der Waals surface area contributed by atoms with Gasteiger partial charge in [0.15, 0.2) is 5.43 Å². The first kappa shape index (κ1) is 9.25. The van der Waals surface area contributed by atoms with Crippen molar-refractivity contribution in [2.24, 2.45) is 0 Å². The normalized spacial score (nSPS) is 9.54. The lowest BCUT2D eigenvalue weighted by atomic mass is 10.3. The van der Waals surface area contributed by atoms with E-state index in [4.69, 9.17) is 5.11 Å². The van der Waals surface area contributed by atoms with Gasteiger partial charge in [-0.15, -0.1) is 6.58 Å². The van der Waals surface area contributed by atoms with Crippen molar-refractivity contribution < 1.29 is 9.90 Å². The number of allylic oxidation sites excluding steroid dienone is 1. The minimum Gasteiger partial charge on any atom is -0.477 e. The second-order valence-electron chi connectivity index (χ2n) is 2.51. The van der Waals surface area contributed by atoms with Crippen molar-refractivity contribution in [3.8, 4) is 0 Å². The van der Waals surface area contributed by atoms with Crippen LogP contribution in [0.3, 0.4) is 0 Å². The third-order valence-electron chi connectivity index (χ3n) is 1.55. The average Bonchev–Trinajstić information content (AvgIpc) is 2.08. The van der Waals surface area contributed by atoms with E-state index in [0.29, 0.717) is 6.54 Å². The zero-order chi connectivity index (χ0) is 9.84. The Bertz CT molecular complexity index is 392.